The second-order valence-corrected chi connectivity index (χ2v) is 7.45. The maximum Gasteiger partial charge on any atom is 0.236 e. The highest BCUT2D eigenvalue weighted by Gasteiger charge is 2.32. The van der Waals surface area contributed by atoms with Crippen LogP contribution in [0.4, 0.5) is 0 Å². The van der Waals surface area contributed by atoms with Crippen LogP contribution < -0.4 is 0 Å². The number of hydrogen-bond acceptors (Lipinski definition) is 3. The molecule has 0 saturated heterocycles. The van der Waals surface area contributed by atoms with E-state index in [1.807, 2.05) is 0 Å². The van der Waals surface area contributed by atoms with Crippen LogP contribution in [-0.4, -0.2) is 37.5 Å². The Bertz CT molecular complexity index is 579. The topological polar surface area (TPSA) is 57.6 Å². The summed E-state index contributed by atoms with van der Waals surface area (Å²) >= 11 is 5.77. The molecule has 1 aromatic rings. The molecule has 20 heavy (non-hydrogen) atoms. The van der Waals surface area contributed by atoms with Crippen molar-refractivity contribution in [2.24, 2.45) is 5.92 Å². The van der Waals surface area contributed by atoms with E-state index in [-0.39, 0.29) is 12.5 Å². The first-order valence-corrected chi connectivity index (χ1v) is 8.34. The van der Waals surface area contributed by atoms with E-state index in [0.717, 1.165) is 23.8 Å². The summed E-state index contributed by atoms with van der Waals surface area (Å²) in [7, 11) is -2.03. The lowest BCUT2D eigenvalue weighted by molar-refractivity contribution is 0.131. The molecule has 1 aromatic carbocycles. The van der Waals surface area contributed by atoms with Crippen molar-refractivity contribution in [1.29, 1.82) is 0 Å². The number of halogens is 1. The first-order valence-electron chi connectivity index (χ1n) is 6.46. The number of nitrogens with zero attached hydrogens (tertiary/aromatic N) is 1. The summed E-state index contributed by atoms with van der Waals surface area (Å²) in [6.45, 7) is 0.137. The molecule has 0 bridgehead atoms. The van der Waals surface area contributed by atoms with Crippen LogP contribution in [0.15, 0.2) is 29.7 Å². The zero-order chi connectivity index (χ0) is 14.8. The van der Waals surface area contributed by atoms with Crippen LogP contribution in [0, 0.1) is 5.92 Å². The molecule has 0 radical (unpaired) electrons. The quantitative estimate of drug-likeness (QED) is 0.876. The van der Waals surface area contributed by atoms with Crippen molar-refractivity contribution in [3.05, 3.63) is 40.3 Å². The van der Waals surface area contributed by atoms with Gasteiger partial charge in [-0.25, -0.2) is 8.42 Å². The van der Waals surface area contributed by atoms with Gasteiger partial charge in [0, 0.05) is 24.0 Å². The van der Waals surface area contributed by atoms with Gasteiger partial charge in [0.2, 0.25) is 10.0 Å². The Morgan fingerprint density at radius 1 is 1.40 bits per heavy atom. The number of aliphatic hydroxyl groups excluding tert-OH is 1. The molecule has 1 aliphatic carbocycles. The maximum absolute atomic E-state index is 12.1. The fourth-order valence-electron chi connectivity index (χ4n) is 1.84. The van der Waals surface area contributed by atoms with Gasteiger partial charge in [-0.1, -0.05) is 23.7 Å². The van der Waals surface area contributed by atoms with E-state index < -0.39 is 16.1 Å². The highest BCUT2D eigenvalue weighted by atomic mass is 35.5. The normalized spacial score (nSPS) is 17.8. The van der Waals surface area contributed by atoms with Gasteiger partial charge in [-0.3, -0.25) is 0 Å². The number of likely N-dealkylation sites (N-methyl/N-ethyl adjacent to an activating group) is 1. The number of hydrogen-bond donors (Lipinski definition) is 1. The standard InChI is InChI=1S/C14H18ClNO3S/c1-16(10-14(17)12-4-5-12)20(18,19)9-8-11-2-6-13(15)7-3-11/h2-3,6-9,12,14,17H,4-5,10H2,1H3/b9-8+. The van der Waals surface area contributed by atoms with Gasteiger partial charge in [0.1, 0.15) is 0 Å². The van der Waals surface area contributed by atoms with Gasteiger partial charge >= 0.3 is 0 Å². The third kappa shape index (κ3) is 4.31. The minimum absolute atomic E-state index is 0.137. The Morgan fingerprint density at radius 3 is 2.55 bits per heavy atom. The smallest absolute Gasteiger partial charge is 0.236 e. The summed E-state index contributed by atoms with van der Waals surface area (Å²) in [6.07, 6.45) is 2.91. The molecule has 1 fully saturated rings. The number of aliphatic hydroxyl groups is 1. The summed E-state index contributed by atoms with van der Waals surface area (Å²) in [6, 6.07) is 6.89. The van der Waals surface area contributed by atoms with Gasteiger partial charge in [0.25, 0.3) is 0 Å². The molecular formula is C14H18ClNO3S. The van der Waals surface area contributed by atoms with Crippen molar-refractivity contribution in [2.75, 3.05) is 13.6 Å². The molecule has 1 aliphatic rings. The van der Waals surface area contributed by atoms with E-state index in [2.05, 4.69) is 0 Å². The van der Waals surface area contributed by atoms with Gasteiger partial charge in [0.05, 0.1) is 6.10 Å². The maximum atomic E-state index is 12.1. The second kappa shape index (κ2) is 6.26. The number of rotatable bonds is 6. The molecule has 0 amide bonds. The van der Waals surface area contributed by atoms with Crippen LogP contribution in [0.5, 0.6) is 0 Å². The lowest BCUT2D eigenvalue weighted by Gasteiger charge is -2.18. The van der Waals surface area contributed by atoms with Gasteiger partial charge in [0.15, 0.2) is 0 Å². The minimum atomic E-state index is -3.51. The molecule has 1 saturated carbocycles. The van der Waals surface area contributed by atoms with E-state index in [9.17, 15) is 13.5 Å². The lowest BCUT2D eigenvalue weighted by Crippen LogP contribution is -2.34. The summed E-state index contributed by atoms with van der Waals surface area (Å²) in [5, 5.41) is 11.5. The fraction of sp³-hybridized carbons (Fsp3) is 0.429. The summed E-state index contributed by atoms with van der Waals surface area (Å²) in [4.78, 5) is 0. The molecule has 1 N–H and O–H groups in total. The van der Waals surface area contributed by atoms with Crippen molar-refractivity contribution in [3.63, 3.8) is 0 Å². The highest BCUT2D eigenvalue weighted by molar-refractivity contribution is 7.92. The van der Waals surface area contributed by atoms with E-state index >= 15 is 0 Å². The van der Waals surface area contributed by atoms with Crippen LogP contribution in [0.1, 0.15) is 18.4 Å². The molecule has 2 rings (SSSR count). The van der Waals surface area contributed by atoms with Crippen molar-refractivity contribution in [2.45, 2.75) is 18.9 Å². The Kier molecular flexibility index (Phi) is 4.86. The number of sulfonamides is 1. The van der Waals surface area contributed by atoms with Gasteiger partial charge in [-0.2, -0.15) is 4.31 Å². The van der Waals surface area contributed by atoms with Crippen molar-refractivity contribution in [1.82, 2.24) is 4.31 Å². The average molecular weight is 316 g/mol. The molecule has 1 unspecified atom stereocenters. The van der Waals surface area contributed by atoms with E-state index in [0.29, 0.717) is 5.02 Å². The van der Waals surface area contributed by atoms with Crippen molar-refractivity contribution in [3.8, 4) is 0 Å². The molecule has 0 spiro atoms. The summed E-state index contributed by atoms with van der Waals surface area (Å²) < 4.78 is 25.3. The van der Waals surface area contributed by atoms with Gasteiger partial charge in [-0.15, -0.1) is 0 Å². The largest absolute Gasteiger partial charge is 0.391 e. The van der Waals surface area contributed by atoms with Crippen molar-refractivity contribution < 1.29 is 13.5 Å². The Hall–Kier alpha value is -0.880. The molecule has 0 aliphatic heterocycles. The number of benzene rings is 1. The van der Waals surface area contributed by atoms with Gasteiger partial charge < -0.3 is 5.11 Å². The van der Waals surface area contributed by atoms with E-state index in [1.54, 1.807) is 24.3 Å². The fourth-order valence-corrected chi connectivity index (χ4v) is 2.86. The summed E-state index contributed by atoms with van der Waals surface area (Å²) in [5.74, 6) is 0.257. The zero-order valence-electron chi connectivity index (χ0n) is 11.2. The minimum Gasteiger partial charge on any atom is -0.391 e. The van der Waals surface area contributed by atoms with Crippen LogP contribution in [-0.2, 0) is 10.0 Å². The lowest BCUT2D eigenvalue weighted by atomic mass is 10.2. The third-order valence-electron chi connectivity index (χ3n) is 3.35. The zero-order valence-corrected chi connectivity index (χ0v) is 12.8. The first kappa shape index (κ1) is 15.5. The molecule has 4 nitrogen and oxygen atoms in total. The summed E-state index contributed by atoms with van der Waals surface area (Å²) in [5.41, 5.74) is 0.758. The molecular weight excluding hydrogens is 298 g/mol. The Morgan fingerprint density at radius 2 is 2.00 bits per heavy atom. The highest BCUT2D eigenvalue weighted by Crippen LogP contribution is 2.33. The van der Waals surface area contributed by atoms with Crippen LogP contribution in [0.3, 0.4) is 0 Å². The van der Waals surface area contributed by atoms with E-state index in [1.165, 1.54) is 17.4 Å². The monoisotopic (exact) mass is 315 g/mol. The van der Waals surface area contributed by atoms with Crippen LogP contribution >= 0.6 is 11.6 Å². The van der Waals surface area contributed by atoms with Crippen LogP contribution in [0.2, 0.25) is 5.02 Å². The molecule has 0 aromatic heterocycles. The Balaban J connectivity index is 2.00. The molecule has 1 atom stereocenters. The first-order chi connectivity index (χ1) is 9.38. The molecule has 110 valence electrons. The second-order valence-electron chi connectivity index (χ2n) is 5.08. The van der Waals surface area contributed by atoms with Crippen molar-refractivity contribution >= 4 is 27.7 Å². The molecule has 6 heteroatoms. The molecule has 0 heterocycles. The average Bonchev–Trinajstić information content (AvgIpc) is 3.22. The van der Waals surface area contributed by atoms with E-state index in [4.69, 9.17) is 11.6 Å². The predicted octanol–water partition coefficient (Wildman–Crippen LogP) is 2.34. The third-order valence-corrected chi connectivity index (χ3v) is 5.10. The predicted molar refractivity (Wildman–Crippen MR) is 80.8 cm³/mol. The SMILES string of the molecule is CN(CC(O)C1CC1)S(=O)(=O)/C=C/c1ccc(Cl)cc1. The van der Waals surface area contributed by atoms with Gasteiger partial charge in [-0.05, 0) is 42.5 Å². The Labute approximate surface area is 124 Å². The van der Waals surface area contributed by atoms with Crippen LogP contribution in [0.25, 0.3) is 6.08 Å².